The maximum Gasteiger partial charge on any atom is 0.140 e. The van der Waals surface area contributed by atoms with Gasteiger partial charge >= 0.3 is 0 Å². The number of aromatic nitrogens is 2. The van der Waals surface area contributed by atoms with E-state index in [1.807, 2.05) is 12.1 Å². The normalized spacial score (nSPS) is 29.0. The zero-order valence-electron chi connectivity index (χ0n) is 14.5. The lowest BCUT2D eigenvalue weighted by Gasteiger charge is -2.39. The third kappa shape index (κ3) is 2.44. The molecule has 2 aromatic rings. The second-order valence-electron chi connectivity index (χ2n) is 8.42. The molecule has 1 aromatic carbocycles. The van der Waals surface area contributed by atoms with Crippen LogP contribution in [0.1, 0.15) is 40.0 Å². The molecular weight excluding hydrogens is 286 g/mol. The number of fused-ring (bicyclic) bond motifs is 3. The van der Waals surface area contributed by atoms with Crippen LogP contribution in [0.25, 0.3) is 10.9 Å². The molecule has 1 aromatic heterocycles. The summed E-state index contributed by atoms with van der Waals surface area (Å²) < 4.78 is 5.41. The third-order valence-electron chi connectivity index (χ3n) is 5.51. The first kappa shape index (κ1) is 14.7. The Morgan fingerprint density at radius 2 is 2.00 bits per heavy atom. The van der Waals surface area contributed by atoms with Crippen LogP contribution in [-0.2, 0) is 0 Å². The van der Waals surface area contributed by atoms with Crippen LogP contribution in [-0.4, -0.2) is 29.7 Å². The third-order valence-corrected chi connectivity index (χ3v) is 5.51. The summed E-state index contributed by atoms with van der Waals surface area (Å²) >= 11 is 0. The lowest BCUT2D eigenvalue weighted by Crippen LogP contribution is -2.35. The maximum absolute atomic E-state index is 5.41. The average molecular weight is 311 g/mol. The van der Waals surface area contributed by atoms with Gasteiger partial charge in [0.15, 0.2) is 0 Å². The largest absolute Gasteiger partial charge is 0.497 e. The molecule has 1 saturated heterocycles. The van der Waals surface area contributed by atoms with E-state index in [1.165, 1.54) is 19.3 Å². The van der Waals surface area contributed by atoms with Crippen molar-refractivity contribution in [1.29, 1.82) is 0 Å². The van der Waals surface area contributed by atoms with Gasteiger partial charge in [0, 0.05) is 18.0 Å². The summed E-state index contributed by atoms with van der Waals surface area (Å²) in [6, 6.07) is 6.63. The highest BCUT2D eigenvalue weighted by atomic mass is 16.5. The molecule has 2 heterocycles. The standard InChI is InChI=1S/C19H25N3O/c1-18(2)8-13-9-19(3,10-18)11-22(13)17-15-7-14(23-4)5-6-16(15)20-12-21-17/h5-7,12-13H,8-11H2,1-4H3. The molecule has 1 saturated carbocycles. The number of methoxy groups -OCH3 is 1. The number of benzene rings is 1. The predicted octanol–water partition coefficient (Wildman–Crippen LogP) is 4.04. The minimum Gasteiger partial charge on any atom is -0.497 e. The minimum absolute atomic E-state index is 0.391. The summed E-state index contributed by atoms with van der Waals surface area (Å²) in [6.07, 6.45) is 5.49. The van der Waals surface area contributed by atoms with Crippen LogP contribution in [0.4, 0.5) is 5.82 Å². The van der Waals surface area contributed by atoms with Crippen molar-refractivity contribution in [3.8, 4) is 5.75 Å². The zero-order valence-corrected chi connectivity index (χ0v) is 14.5. The van der Waals surface area contributed by atoms with E-state index in [-0.39, 0.29) is 0 Å². The fourth-order valence-corrected chi connectivity index (χ4v) is 5.09. The lowest BCUT2D eigenvalue weighted by atomic mass is 9.65. The molecule has 23 heavy (non-hydrogen) atoms. The molecule has 0 amide bonds. The van der Waals surface area contributed by atoms with Gasteiger partial charge in [0.1, 0.15) is 17.9 Å². The molecule has 2 unspecified atom stereocenters. The molecule has 4 nitrogen and oxygen atoms in total. The monoisotopic (exact) mass is 311 g/mol. The van der Waals surface area contributed by atoms with E-state index < -0.39 is 0 Å². The molecule has 0 spiro atoms. The van der Waals surface area contributed by atoms with Crippen molar-refractivity contribution < 1.29 is 4.74 Å². The quantitative estimate of drug-likeness (QED) is 0.839. The second kappa shape index (κ2) is 4.83. The predicted molar refractivity (Wildman–Crippen MR) is 93.0 cm³/mol. The van der Waals surface area contributed by atoms with Crippen LogP contribution in [0, 0.1) is 10.8 Å². The van der Waals surface area contributed by atoms with E-state index in [9.17, 15) is 0 Å². The van der Waals surface area contributed by atoms with Gasteiger partial charge in [-0.05, 0) is 48.3 Å². The highest BCUT2D eigenvalue weighted by molar-refractivity contribution is 5.90. The van der Waals surface area contributed by atoms with Gasteiger partial charge in [0.2, 0.25) is 0 Å². The topological polar surface area (TPSA) is 38.3 Å². The van der Waals surface area contributed by atoms with Crippen LogP contribution < -0.4 is 9.64 Å². The van der Waals surface area contributed by atoms with Gasteiger partial charge in [-0.2, -0.15) is 0 Å². The van der Waals surface area contributed by atoms with Crippen LogP contribution in [0.3, 0.4) is 0 Å². The van der Waals surface area contributed by atoms with Gasteiger partial charge in [0.25, 0.3) is 0 Å². The first-order chi connectivity index (χ1) is 10.9. The fourth-order valence-electron chi connectivity index (χ4n) is 5.09. The summed E-state index contributed by atoms with van der Waals surface area (Å²) in [4.78, 5) is 11.6. The van der Waals surface area contributed by atoms with Gasteiger partial charge < -0.3 is 9.64 Å². The van der Waals surface area contributed by atoms with Crippen molar-refractivity contribution >= 4 is 16.7 Å². The van der Waals surface area contributed by atoms with Crippen molar-refractivity contribution in [3.63, 3.8) is 0 Å². The van der Waals surface area contributed by atoms with E-state index in [4.69, 9.17) is 4.74 Å². The van der Waals surface area contributed by atoms with Crippen LogP contribution in [0.5, 0.6) is 5.75 Å². The number of hydrogen-bond acceptors (Lipinski definition) is 4. The van der Waals surface area contributed by atoms with Gasteiger partial charge in [-0.15, -0.1) is 0 Å². The molecule has 2 aliphatic rings. The van der Waals surface area contributed by atoms with E-state index in [0.717, 1.165) is 29.0 Å². The Labute approximate surface area is 137 Å². The molecule has 1 aliphatic heterocycles. The smallest absolute Gasteiger partial charge is 0.140 e. The molecule has 2 atom stereocenters. The Morgan fingerprint density at radius 3 is 2.78 bits per heavy atom. The molecule has 0 N–H and O–H groups in total. The first-order valence-corrected chi connectivity index (χ1v) is 8.45. The molecule has 2 bridgehead atoms. The van der Waals surface area contributed by atoms with Crippen LogP contribution in [0.15, 0.2) is 24.5 Å². The molecule has 0 radical (unpaired) electrons. The maximum atomic E-state index is 5.41. The van der Waals surface area contributed by atoms with E-state index in [2.05, 4.69) is 41.7 Å². The van der Waals surface area contributed by atoms with Gasteiger partial charge in [0.05, 0.1) is 12.6 Å². The highest BCUT2D eigenvalue weighted by Crippen LogP contribution is 2.53. The fraction of sp³-hybridized carbons (Fsp3) is 0.579. The van der Waals surface area contributed by atoms with E-state index in [0.29, 0.717) is 16.9 Å². The van der Waals surface area contributed by atoms with Crippen LogP contribution >= 0.6 is 0 Å². The van der Waals surface area contributed by atoms with Gasteiger partial charge in [-0.25, -0.2) is 9.97 Å². The van der Waals surface area contributed by atoms with Gasteiger partial charge in [-0.3, -0.25) is 0 Å². The minimum atomic E-state index is 0.391. The Kier molecular flexibility index (Phi) is 3.09. The average Bonchev–Trinajstić information content (AvgIpc) is 2.75. The Morgan fingerprint density at radius 1 is 1.17 bits per heavy atom. The number of hydrogen-bond donors (Lipinski definition) is 0. The van der Waals surface area contributed by atoms with Crippen molar-refractivity contribution in [1.82, 2.24) is 9.97 Å². The molecule has 122 valence electrons. The van der Waals surface area contributed by atoms with Crippen molar-refractivity contribution in [2.75, 3.05) is 18.6 Å². The molecule has 1 aliphatic carbocycles. The zero-order chi connectivity index (χ0) is 16.2. The molecular formula is C19H25N3O. The van der Waals surface area contributed by atoms with Crippen molar-refractivity contribution in [2.24, 2.45) is 10.8 Å². The highest BCUT2D eigenvalue weighted by Gasteiger charge is 2.50. The number of nitrogens with zero attached hydrogens (tertiary/aromatic N) is 3. The summed E-state index contributed by atoms with van der Waals surface area (Å²) in [6.45, 7) is 8.33. The summed E-state index contributed by atoms with van der Waals surface area (Å²) in [5, 5.41) is 1.10. The summed E-state index contributed by atoms with van der Waals surface area (Å²) in [5.41, 5.74) is 1.79. The molecule has 2 fully saturated rings. The lowest BCUT2D eigenvalue weighted by molar-refractivity contribution is 0.136. The Balaban J connectivity index is 1.81. The van der Waals surface area contributed by atoms with Crippen molar-refractivity contribution in [2.45, 2.75) is 46.1 Å². The molecule has 4 heteroatoms. The summed E-state index contributed by atoms with van der Waals surface area (Å²) in [5.74, 6) is 1.93. The van der Waals surface area contributed by atoms with Crippen molar-refractivity contribution in [3.05, 3.63) is 24.5 Å². The Bertz CT molecular complexity index is 757. The number of rotatable bonds is 2. The Hall–Kier alpha value is -1.84. The molecule has 4 rings (SSSR count). The van der Waals surface area contributed by atoms with Crippen LogP contribution in [0.2, 0.25) is 0 Å². The number of anilines is 1. The number of ether oxygens (including phenoxy) is 1. The SMILES string of the molecule is COc1ccc2ncnc(N3CC4(C)CC3CC(C)(C)C4)c2c1. The van der Waals surface area contributed by atoms with E-state index >= 15 is 0 Å². The summed E-state index contributed by atoms with van der Waals surface area (Å²) in [7, 11) is 1.71. The second-order valence-corrected chi connectivity index (χ2v) is 8.42. The first-order valence-electron chi connectivity index (χ1n) is 8.45. The van der Waals surface area contributed by atoms with Gasteiger partial charge in [-0.1, -0.05) is 20.8 Å². The van der Waals surface area contributed by atoms with E-state index in [1.54, 1.807) is 13.4 Å².